The highest BCUT2D eigenvalue weighted by Gasteiger charge is 2.34. The van der Waals surface area contributed by atoms with Crippen molar-refractivity contribution in [2.75, 3.05) is 13.2 Å². The zero-order valence-corrected chi connectivity index (χ0v) is 18.4. The topological polar surface area (TPSA) is 80.2 Å². The molecule has 0 aromatic heterocycles. The van der Waals surface area contributed by atoms with Gasteiger partial charge in [-0.3, -0.25) is 9.59 Å². The van der Waals surface area contributed by atoms with E-state index >= 15 is 0 Å². The maximum absolute atomic E-state index is 12.1. The Morgan fingerprint density at radius 1 is 1.13 bits per heavy atom. The number of carbonyl (C=O) groups excluding carboxylic acids is 2. The van der Waals surface area contributed by atoms with Gasteiger partial charge in [0.25, 0.3) is 0 Å². The van der Waals surface area contributed by atoms with Crippen LogP contribution in [0.25, 0.3) is 0 Å². The van der Waals surface area contributed by atoms with Crippen molar-refractivity contribution in [2.45, 2.75) is 26.1 Å². The molecule has 0 aliphatic carbocycles. The molecule has 3 rings (SSSR count). The molecule has 1 aliphatic rings. The van der Waals surface area contributed by atoms with Gasteiger partial charge in [-0.2, -0.15) is 0 Å². The van der Waals surface area contributed by atoms with Crippen LogP contribution in [0.1, 0.15) is 30.3 Å². The summed E-state index contributed by atoms with van der Waals surface area (Å²) in [4.78, 5) is 23.5. The number of halogens is 1. The molecule has 0 saturated heterocycles. The van der Waals surface area contributed by atoms with Gasteiger partial charge in [-0.25, -0.2) is 5.01 Å². The van der Waals surface area contributed by atoms with Gasteiger partial charge in [0.1, 0.15) is 30.1 Å². The standard InChI is InChI=1S/C21H22ClN3O4S/c1-13-4-9-19(29-11-10-28-17-7-5-16(22)6-8-17)18(12-13)20-25(15(3)27)24-21(30-20)23-14(2)26/h4-9,12,20H,10-11H2,1-3H3,(H,23,24,26)/t20-/m1/s1. The molecule has 1 aliphatic heterocycles. The van der Waals surface area contributed by atoms with E-state index in [9.17, 15) is 9.59 Å². The van der Waals surface area contributed by atoms with Crippen molar-refractivity contribution in [1.29, 1.82) is 0 Å². The van der Waals surface area contributed by atoms with E-state index in [0.29, 0.717) is 34.9 Å². The summed E-state index contributed by atoms with van der Waals surface area (Å²) in [5.41, 5.74) is 1.82. The molecule has 1 N–H and O–H groups in total. The summed E-state index contributed by atoms with van der Waals surface area (Å²) >= 11 is 7.16. The normalized spacial score (nSPS) is 15.5. The molecule has 0 spiro atoms. The fourth-order valence-electron chi connectivity index (χ4n) is 2.80. The lowest BCUT2D eigenvalue weighted by Crippen LogP contribution is -2.25. The quantitative estimate of drug-likeness (QED) is 0.674. The van der Waals surface area contributed by atoms with E-state index in [2.05, 4.69) is 10.4 Å². The Morgan fingerprint density at radius 2 is 1.83 bits per heavy atom. The summed E-state index contributed by atoms with van der Waals surface area (Å²) in [7, 11) is 0. The molecule has 158 valence electrons. The lowest BCUT2D eigenvalue weighted by atomic mass is 10.1. The van der Waals surface area contributed by atoms with Crippen LogP contribution >= 0.6 is 23.4 Å². The van der Waals surface area contributed by atoms with Crippen molar-refractivity contribution >= 4 is 40.3 Å². The van der Waals surface area contributed by atoms with Crippen LogP contribution in [-0.2, 0) is 9.59 Å². The first-order chi connectivity index (χ1) is 14.3. The fraction of sp³-hybridized carbons (Fsp3) is 0.286. The van der Waals surface area contributed by atoms with Gasteiger partial charge in [-0.1, -0.05) is 35.0 Å². The molecule has 0 saturated carbocycles. The van der Waals surface area contributed by atoms with Crippen LogP contribution in [0.4, 0.5) is 0 Å². The van der Waals surface area contributed by atoms with Crippen LogP contribution in [0, 0.1) is 6.92 Å². The van der Waals surface area contributed by atoms with Crippen LogP contribution in [-0.4, -0.2) is 35.2 Å². The van der Waals surface area contributed by atoms with E-state index in [4.69, 9.17) is 21.1 Å². The zero-order valence-electron chi connectivity index (χ0n) is 16.8. The second-order valence-corrected chi connectivity index (χ2v) is 8.12. The monoisotopic (exact) mass is 447 g/mol. The fourth-order valence-corrected chi connectivity index (χ4v) is 4.08. The van der Waals surface area contributed by atoms with Crippen molar-refractivity contribution in [3.8, 4) is 11.5 Å². The predicted molar refractivity (Wildman–Crippen MR) is 118 cm³/mol. The highest BCUT2D eigenvalue weighted by atomic mass is 35.5. The van der Waals surface area contributed by atoms with E-state index in [1.807, 2.05) is 25.1 Å². The maximum atomic E-state index is 12.1. The molecule has 2 aromatic carbocycles. The first-order valence-corrected chi connectivity index (χ1v) is 10.5. The van der Waals surface area contributed by atoms with Crippen LogP contribution in [0.2, 0.25) is 5.02 Å². The number of rotatable bonds is 6. The third-order valence-electron chi connectivity index (χ3n) is 4.10. The summed E-state index contributed by atoms with van der Waals surface area (Å²) < 4.78 is 11.6. The third-order valence-corrected chi connectivity index (χ3v) is 5.44. The number of amidine groups is 1. The summed E-state index contributed by atoms with van der Waals surface area (Å²) in [5.74, 6) is 0.856. The molecule has 9 heteroatoms. The molecule has 30 heavy (non-hydrogen) atoms. The number of nitrogens with one attached hydrogen (secondary N) is 1. The number of nitrogens with zero attached hydrogens (tertiary/aromatic N) is 2. The summed E-state index contributed by atoms with van der Waals surface area (Å²) in [6.45, 7) is 5.46. The highest BCUT2D eigenvalue weighted by Crippen LogP contribution is 2.42. The summed E-state index contributed by atoms with van der Waals surface area (Å²) in [6.07, 6.45) is 0. The van der Waals surface area contributed by atoms with E-state index in [-0.39, 0.29) is 11.8 Å². The first-order valence-electron chi connectivity index (χ1n) is 9.28. The Labute approximate surface area is 184 Å². The van der Waals surface area contributed by atoms with Crippen LogP contribution in [0.3, 0.4) is 0 Å². The van der Waals surface area contributed by atoms with Crippen molar-refractivity contribution in [1.82, 2.24) is 10.3 Å². The third kappa shape index (κ3) is 5.67. The molecule has 0 radical (unpaired) electrons. The van der Waals surface area contributed by atoms with E-state index < -0.39 is 5.37 Å². The Hall–Kier alpha value is -2.71. The number of ether oxygens (including phenoxy) is 2. The Morgan fingerprint density at radius 3 is 2.50 bits per heavy atom. The molecule has 1 heterocycles. The molecule has 0 bridgehead atoms. The van der Waals surface area contributed by atoms with Gasteiger partial charge in [0.2, 0.25) is 11.8 Å². The maximum Gasteiger partial charge on any atom is 0.241 e. The molecule has 0 unspecified atom stereocenters. The van der Waals surface area contributed by atoms with Gasteiger partial charge in [0.15, 0.2) is 5.17 Å². The molecule has 2 amide bonds. The van der Waals surface area contributed by atoms with Crippen LogP contribution in [0.5, 0.6) is 11.5 Å². The second-order valence-electron chi connectivity index (χ2n) is 6.61. The van der Waals surface area contributed by atoms with Gasteiger partial charge in [-0.15, -0.1) is 5.10 Å². The zero-order chi connectivity index (χ0) is 21.7. The number of benzene rings is 2. The number of amides is 2. The van der Waals surface area contributed by atoms with Crippen LogP contribution in [0.15, 0.2) is 47.6 Å². The second kappa shape index (κ2) is 9.86. The largest absolute Gasteiger partial charge is 0.490 e. The van der Waals surface area contributed by atoms with Gasteiger partial charge >= 0.3 is 0 Å². The number of thioether (sulfide) groups is 1. The molecule has 1 atom stereocenters. The molecular formula is C21H22ClN3O4S. The predicted octanol–water partition coefficient (Wildman–Crippen LogP) is 4.11. The lowest BCUT2D eigenvalue weighted by molar-refractivity contribution is -0.129. The average Bonchev–Trinajstić information content (AvgIpc) is 3.10. The van der Waals surface area contributed by atoms with Gasteiger partial charge in [0, 0.05) is 24.4 Å². The van der Waals surface area contributed by atoms with E-state index in [0.717, 1.165) is 11.1 Å². The van der Waals surface area contributed by atoms with Crippen LogP contribution < -0.4 is 14.8 Å². The van der Waals surface area contributed by atoms with E-state index in [1.54, 1.807) is 24.3 Å². The minimum atomic E-state index is -0.434. The summed E-state index contributed by atoms with van der Waals surface area (Å²) in [5, 5.41) is 8.82. The summed E-state index contributed by atoms with van der Waals surface area (Å²) in [6, 6.07) is 12.9. The van der Waals surface area contributed by atoms with Crippen molar-refractivity contribution in [3.05, 3.63) is 58.6 Å². The highest BCUT2D eigenvalue weighted by molar-refractivity contribution is 8.14. The number of hydrazone groups is 1. The number of hydrogen-bond donors (Lipinski definition) is 1. The molecule has 0 fully saturated rings. The Balaban J connectivity index is 1.70. The van der Waals surface area contributed by atoms with Crippen molar-refractivity contribution < 1.29 is 19.1 Å². The van der Waals surface area contributed by atoms with E-state index in [1.165, 1.54) is 30.6 Å². The smallest absolute Gasteiger partial charge is 0.241 e. The molecular weight excluding hydrogens is 426 g/mol. The number of carbonyl (C=O) groups is 2. The minimum Gasteiger partial charge on any atom is -0.490 e. The molecule has 7 nitrogen and oxygen atoms in total. The van der Waals surface area contributed by atoms with Crippen molar-refractivity contribution in [3.63, 3.8) is 0 Å². The number of aryl methyl sites for hydroxylation is 1. The van der Waals surface area contributed by atoms with Gasteiger partial charge < -0.3 is 14.8 Å². The Kier molecular flexibility index (Phi) is 7.23. The van der Waals surface area contributed by atoms with Gasteiger partial charge in [0.05, 0.1) is 0 Å². The minimum absolute atomic E-state index is 0.230. The first kappa shape index (κ1) is 22.0. The average molecular weight is 448 g/mol. The number of hydrogen-bond acceptors (Lipinski definition) is 6. The SMILES string of the molecule is CC(=O)NC1=NN(C(C)=O)[C@@H](c2cc(C)ccc2OCCOc2ccc(Cl)cc2)S1. The van der Waals surface area contributed by atoms with Crippen molar-refractivity contribution in [2.24, 2.45) is 5.10 Å². The Bertz CT molecular complexity index is 965. The molecule has 2 aromatic rings. The van der Waals surface area contributed by atoms with Gasteiger partial charge in [-0.05, 0) is 43.3 Å². The lowest BCUT2D eigenvalue weighted by Gasteiger charge is -2.22.